The molecule has 196 valence electrons. The molecule has 4 atom stereocenters. The van der Waals surface area contributed by atoms with E-state index in [1.54, 1.807) is 0 Å². The van der Waals surface area contributed by atoms with E-state index in [9.17, 15) is 45.3 Å². The van der Waals surface area contributed by atoms with Gasteiger partial charge in [0.05, 0.1) is 6.10 Å². The number of esters is 1. The van der Waals surface area contributed by atoms with Crippen LogP contribution in [-0.2, 0) is 19.1 Å². The number of allylic oxidation sites excluding steroid dienone is 1. The van der Waals surface area contributed by atoms with Crippen LogP contribution in [0.5, 0.6) is 23.0 Å². The zero-order valence-electron chi connectivity index (χ0n) is 19.4. The summed E-state index contributed by atoms with van der Waals surface area (Å²) in [5.41, 5.74) is -1.51. The highest BCUT2D eigenvalue weighted by molar-refractivity contribution is 5.87. The molecular weight excluding hydrogens is 488 g/mol. The molecule has 0 amide bonds. The Morgan fingerprint density at radius 3 is 1.92 bits per heavy atom. The van der Waals surface area contributed by atoms with Gasteiger partial charge in [-0.05, 0) is 47.5 Å². The number of aromatic hydroxyl groups is 4. The topological polar surface area (TPSA) is 194 Å². The molecule has 1 fully saturated rings. The third kappa shape index (κ3) is 6.81. The summed E-state index contributed by atoms with van der Waals surface area (Å²) in [4.78, 5) is 24.0. The van der Waals surface area contributed by atoms with Crippen LogP contribution < -0.4 is 0 Å². The van der Waals surface area contributed by atoms with Crippen molar-refractivity contribution in [1.82, 2.24) is 0 Å². The Balaban J connectivity index is 1.75. The minimum Gasteiger partial charge on any atom is -0.504 e. The van der Waals surface area contributed by atoms with Crippen molar-refractivity contribution in [3.8, 4) is 23.0 Å². The number of aliphatic carboxylic acids is 1. The number of phenolic OH excluding ortho intramolecular Hbond substituents is 4. The average Bonchev–Trinajstić information content (AvgIpc) is 2.82. The molecule has 1 saturated carbocycles. The maximum Gasteiger partial charge on any atom is 0.335 e. The van der Waals surface area contributed by atoms with Crippen LogP contribution in [0.1, 0.15) is 24.0 Å². The van der Waals surface area contributed by atoms with Gasteiger partial charge in [0.15, 0.2) is 34.7 Å². The summed E-state index contributed by atoms with van der Waals surface area (Å²) < 4.78 is 11.0. The largest absolute Gasteiger partial charge is 0.504 e. The maximum absolute atomic E-state index is 12.4. The molecule has 11 nitrogen and oxygen atoms in total. The van der Waals surface area contributed by atoms with Crippen LogP contribution in [0.25, 0.3) is 12.2 Å². The zero-order chi connectivity index (χ0) is 27.3. The van der Waals surface area contributed by atoms with Gasteiger partial charge in [-0.1, -0.05) is 24.8 Å². The first kappa shape index (κ1) is 27.1. The lowest BCUT2D eigenvalue weighted by atomic mass is 9.79. The first-order chi connectivity index (χ1) is 17.4. The lowest BCUT2D eigenvalue weighted by Gasteiger charge is -2.41. The van der Waals surface area contributed by atoms with Gasteiger partial charge < -0.3 is 45.2 Å². The number of aliphatic hydroxyl groups is 2. The van der Waals surface area contributed by atoms with E-state index in [1.807, 2.05) is 0 Å². The molecule has 3 rings (SSSR count). The number of ether oxygens (including phenoxy) is 2. The molecule has 2 aromatic carbocycles. The highest BCUT2D eigenvalue weighted by Crippen LogP contribution is 2.34. The number of rotatable bonds is 8. The summed E-state index contributed by atoms with van der Waals surface area (Å²) in [6.07, 6.45) is -0.290. The van der Waals surface area contributed by atoms with Gasteiger partial charge in [-0.25, -0.2) is 9.59 Å². The number of benzene rings is 2. The van der Waals surface area contributed by atoms with Crippen molar-refractivity contribution in [3.63, 3.8) is 0 Å². The van der Waals surface area contributed by atoms with Gasteiger partial charge in [-0.2, -0.15) is 0 Å². The van der Waals surface area contributed by atoms with E-state index >= 15 is 0 Å². The smallest absolute Gasteiger partial charge is 0.335 e. The van der Waals surface area contributed by atoms with Crippen molar-refractivity contribution in [2.75, 3.05) is 0 Å². The fourth-order valence-electron chi connectivity index (χ4n) is 3.73. The SMILES string of the molecule is C=C(C=Cc1ccc(O)c(O)c1)O[C@H]1C[C@](O)(C(=O)O)C[C@@H](O)[C@H]1OC(=O)C=Cc1ccc(O)c(O)c1. The summed E-state index contributed by atoms with van der Waals surface area (Å²) in [5, 5.41) is 68.4. The van der Waals surface area contributed by atoms with E-state index in [4.69, 9.17) is 9.47 Å². The third-order valence-electron chi connectivity index (χ3n) is 5.66. The molecule has 37 heavy (non-hydrogen) atoms. The Morgan fingerprint density at radius 1 is 0.865 bits per heavy atom. The van der Waals surface area contributed by atoms with Crippen molar-refractivity contribution in [1.29, 1.82) is 0 Å². The number of hydrogen-bond donors (Lipinski definition) is 7. The van der Waals surface area contributed by atoms with Crippen LogP contribution in [0.3, 0.4) is 0 Å². The molecule has 0 aliphatic heterocycles. The Kier molecular flexibility index (Phi) is 8.11. The maximum atomic E-state index is 12.4. The van der Waals surface area contributed by atoms with Crippen molar-refractivity contribution in [3.05, 3.63) is 72.0 Å². The van der Waals surface area contributed by atoms with E-state index < -0.39 is 54.4 Å². The predicted molar refractivity (Wildman–Crippen MR) is 129 cm³/mol. The molecule has 0 saturated heterocycles. The minimum absolute atomic E-state index is 0.0319. The standard InChI is InChI=1S/C26H26O11/c1-14(2-3-15-4-7-17(27)19(29)10-15)36-22-13-26(35,25(33)34)12-21(31)24(22)37-23(32)9-6-16-5-8-18(28)20(30)11-16/h2-11,21-22,24,27-31,35H,1,12-13H2,(H,33,34)/t21-,22+,24-,26+/m1/s1. The van der Waals surface area contributed by atoms with E-state index in [0.29, 0.717) is 11.1 Å². The zero-order valence-corrected chi connectivity index (χ0v) is 19.4. The number of hydrogen-bond acceptors (Lipinski definition) is 10. The summed E-state index contributed by atoms with van der Waals surface area (Å²) in [5.74, 6) is -3.93. The number of phenols is 4. The van der Waals surface area contributed by atoms with Crippen molar-refractivity contribution < 1.29 is 54.8 Å². The second-order valence-corrected chi connectivity index (χ2v) is 8.50. The third-order valence-corrected chi connectivity index (χ3v) is 5.66. The summed E-state index contributed by atoms with van der Waals surface area (Å²) in [6.45, 7) is 3.70. The first-order valence-electron chi connectivity index (χ1n) is 11.0. The second kappa shape index (κ2) is 11.1. The van der Waals surface area contributed by atoms with E-state index in [0.717, 1.165) is 6.08 Å². The summed E-state index contributed by atoms with van der Waals surface area (Å²) in [6, 6.07) is 7.90. The highest BCUT2D eigenvalue weighted by Gasteiger charge is 2.52. The number of carbonyl (C=O) groups excluding carboxylic acids is 1. The lowest BCUT2D eigenvalue weighted by molar-refractivity contribution is -0.198. The van der Waals surface area contributed by atoms with Crippen LogP contribution in [-0.4, -0.2) is 71.6 Å². The van der Waals surface area contributed by atoms with E-state index in [2.05, 4.69) is 6.58 Å². The van der Waals surface area contributed by atoms with Gasteiger partial charge >= 0.3 is 11.9 Å². The molecule has 0 bridgehead atoms. The van der Waals surface area contributed by atoms with E-state index in [1.165, 1.54) is 54.6 Å². The van der Waals surface area contributed by atoms with Gasteiger partial charge in [0, 0.05) is 18.9 Å². The molecule has 11 heteroatoms. The fraction of sp³-hybridized carbons (Fsp3) is 0.231. The van der Waals surface area contributed by atoms with E-state index in [-0.39, 0.29) is 23.0 Å². The van der Waals surface area contributed by atoms with Crippen LogP contribution in [0.4, 0.5) is 0 Å². The number of carbonyl (C=O) groups is 2. The van der Waals surface area contributed by atoms with Crippen LogP contribution in [0, 0.1) is 0 Å². The highest BCUT2D eigenvalue weighted by atomic mass is 16.6. The fourth-order valence-corrected chi connectivity index (χ4v) is 3.73. The van der Waals surface area contributed by atoms with Gasteiger partial charge in [-0.3, -0.25) is 0 Å². The minimum atomic E-state index is -2.35. The number of carboxylic acids is 1. The molecule has 7 N–H and O–H groups in total. The number of carboxylic acid groups (broad SMARTS) is 1. The summed E-state index contributed by atoms with van der Waals surface area (Å²) >= 11 is 0. The quantitative estimate of drug-likeness (QED) is 0.0895. The molecule has 1 aliphatic rings. The molecule has 0 unspecified atom stereocenters. The van der Waals surface area contributed by atoms with Gasteiger partial charge in [0.2, 0.25) is 0 Å². The van der Waals surface area contributed by atoms with Gasteiger partial charge in [-0.15, -0.1) is 0 Å². The Hall–Kier alpha value is -4.48. The lowest BCUT2D eigenvalue weighted by Crippen LogP contribution is -2.57. The molecular formula is C26H26O11. The van der Waals surface area contributed by atoms with Crippen LogP contribution in [0.15, 0.2) is 60.9 Å². The van der Waals surface area contributed by atoms with Crippen molar-refractivity contribution >= 4 is 24.1 Å². The molecule has 0 aromatic heterocycles. The predicted octanol–water partition coefficient (Wildman–Crippen LogP) is 2.02. The monoisotopic (exact) mass is 514 g/mol. The van der Waals surface area contributed by atoms with Crippen molar-refractivity contribution in [2.45, 2.75) is 36.8 Å². The normalized spacial score (nSPS) is 23.7. The van der Waals surface area contributed by atoms with Crippen molar-refractivity contribution in [2.24, 2.45) is 0 Å². The van der Waals surface area contributed by atoms with Crippen LogP contribution in [0.2, 0.25) is 0 Å². The van der Waals surface area contributed by atoms with Gasteiger partial charge in [0.1, 0.15) is 11.9 Å². The molecule has 1 aliphatic carbocycles. The Morgan fingerprint density at radius 2 is 1.41 bits per heavy atom. The second-order valence-electron chi connectivity index (χ2n) is 8.50. The number of aliphatic hydroxyl groups excluding tert-OH is 1. The first-order valence-corrected chi connectivity index (χ1v) is 11.0. The Bertz CT molecular complexity index is 1250. The van der Waals surface area contributed by atoms with Crippen LogP contribution >= 0.6 is 0 Å². The summed E-state index contributed by atoms with van der Waals surface area (Å²) in [7, 11) is 0. The molecule has 0 spiro atoms. The Labute approximate surface area is 211 Å². The average molecular weight is 514 g/mol. The molecule has 2 aromatic rings. The molecule has 0 radical (unpaired) electrons. The molecule has 0 heterocycles. The van der Waals surface area contributed by atoms with Gasteiger partial charge in [0.25, 0.3) is 0 Å².